The Balaban J connectivity index is 1.66. The van der Waals surface area contributed by atoms with E-state index < -0.39 is 11.6 Å². The van der Waals surface area contributed by atoms with Gasteiger partial charge in [-0.05, 0) is 24.6 Å². The largest absolute Gasteiger partial charge is 0.493 e. The van der Waals surface area contributed by atoms with Crippen molar-refractivity contribution < 1.29 is 18.3 Å². The van der Waals surface area contributed by atoms with Crippen LogP contribution in [0.3, 0.4) is 0 Å². The van der Waals surface area contributed by atoms with Crippen LogP contribution >= 0.6 is 23.2 Å². The average Bonchev–Trinajstić information content (AvgIpc) is 2.74. The van der Waals surface area contributed by atoms with E-state index in [-0.39, 0.29) is 40.6 Å². The standard InChI is InChI=1S/C23H20Cl2F2N4O2/c1-32-20-8-19(28)13(7-21(20)33-11-14-15(24)9-30-10-16(14)25)22(29)12-5-17(26)23(18(27)6-12)31-3-2-4-31/h5-10,29H,2-4,11,28H2,1H3. The van der Waals surface area contributed by atoms with Crippen molar-refractivity contribution in [2.24, 2.45) is 0 Å². The molecule has 0 amide bonds. The molecule has 0 atom stereocenters. The molecule has 33 heavy (non-hydrogen) atoms. The molecule has 0 radical (unpaired) electrons. The van der Waals surface area contributed by atoms with Gasteiger partial charge in [0.05, 0.1) is 22.9 Å². The van der Waals surface area contributed by atoms with Gasteiger partial charge in [0.2, 0.25) is 0 Å². The van der Waals surface area contributed by atoms with Crippen molar-refractivity contribution in [2.75, 3.05) is 30.8 Å². The predicted molar refractivity (Wildman–Crippen MR) is 125 cm³/mol. The number of nitrogen functional groups attached to an aromatic ring is 1. The summed E-state index contributed by atoms with van der Waals surface area (Å²) in [6.07, 6.45) is 3.78. The van der Waals surface area contributed by atoms with E-state index >= 15 is 0 Å². The monoisotopic (exact) mass is 492 g/mol. The van der Waals surface area contributed by atoms with Crippen LogP contribution in [0, 0.1) is 17.0 Å². The van der Waals surface area contributed by atoms with E-state index in [4.69, 9.17) is 43.8 Å². The lowest BCUT2D eigenvalue weighted by atomic mass is 9.99. The van der Waals surface area contributed by atoms with Gasteiger partial charge in [0.25, 0.3) is 0 Å². The molecule has 6 nitrogen and oxygen atoms in total. The molecule has 2 aromatic carbocycles. The summed E-state index contributed by atoms with van der Waals surface area (Å²) < 4.78 is 40.5. The number of nitrogens with zero attached hydrogens (tertiary/aromatic N) is 2. The van der Waals surface area contributed by atoms with Crippen LogP contribution in [0.1, 0.15) is 23.1 Å². The second-order valence-corrected chi connectivity index (χ2v) is 8.28. The molecule has 172 valence electrons. The van der Waals surface area contributed by atoms with E-state index in [0.29, 0.717) is 34.4 Å². The summed E-state index contributed by atoms with van der Waals surface area (Å²) in [6, 6.07) is 5.24. The van der Waals surface area contributed by atoms with Crippen LogP contribution in [0.25, 0.3) is 0 Å². The Kier molecular flexibility index (Phi) is 6.58. The van der Waals surface area contributed by atoms with Gasteiger partial charge in [-0.1, -0.05) is 23.2 Å². The molecule has 1 saturated heterocycles. The molecule has 10 heteroatoms. The number of ether oxygens (including phenoxy) is 2. The van der Waals surface area contributed by atoms with Gasteiger partial charge in [-0.2, -0.15) is 0 Å². The van der Waals surface area contributed by atoms with Gasteiger partial charge in [0.1, 0.15) is 23.9 Å². The molecule has 0 saturated carbocycles. The summed E-state index contributed by atoms with van der Waals surface area (Å²) >= 11 is 12.3. The maximum absolute atomic E-state index is 14.7. The third kappa shape index (κ3) is 4.54. The number of pyridine rings is 1. The normalized spacial score (nSPS) is 12.9. The highest BCUT2D eigenvalue weighted by molar-refractivity contribution is 6.35. The van der Waals surface area contributed by atoms with Gasteiger partial charge in [0.15, 0.2) is 11.5 Å². The summed E-state index contributed by atoms with van der Waals surface area (Å²) in [5, 5.41) is 9.22. The van der Waals surface area contributed by atoms with Crippen LogP contribution in [0.2, 0.25) is 10.0 Å². The maximum atomic E-state index is 14.7. The number of methoxy groups -OCH3 is 1. The molecule has 1 aliphatic heterocycles. The van der Waals surface area contributed by atoms with Crippen LogP contribution in [0.15, 0.2) is 36.7 Å². The lowest BCUT2D eigenvalue weighted by molar-refractivity contribution is 0.284. The van der Waals surface area contributed by atoms with Crippen LogP contribution in [-0.4, -0.2) is 30.9 Å². The van der Waals surface area contributed by atoms with Gasteiger partial charge in [-0.25, -0.2) is 8.78 Å². The predicted octanol–water partition coefficient (Wildman–Crippen LogP) is 5.46. The van der Waals surface area contributed by atoms with Crippen molar-refractivity contribution in [3.8, 4) is 11.5 Å². The van der Waals surface area contributed by atoms with Crippen LogP contribution < -0.4 is 20.1 Å². The summed E-state index contributed by atoms with van der Waals surface area (Å²) in [5.74, 6) is -0.871. The molecule has 2 heterocycles. The number of halogens is 4. The smallest absolute Gasteiger partial charge is 0.162 e. The highest BCUT2D eigenvalue weighted by Gasteiger charge is 2.24. The molecule has 0 spiro atoms. The van der Waals surface area contributed by atoms with Crippen LogP contribution in [-0.2, 0) is 6.61 Å². The number of aromatic nitrogens is 1. The average molecular weight is 493 g/mol. The van der Waals surface area contributed by atoms with Crippen LogP contribution in [0.5, 0.6) is 11.5 Å². The first-order valence-electron chi connectivity index (χ1n) is 10.0. The first-order chi connectivity index (χ1) is 15.8. The number of rotatable bonds is 7. The van der Waals surface area contributed by atoms with E-state index in [0.717, 1.165) is 18.6 Å². The van der Waals surface area contributed by atoms with E-state index in [1.165, 1.54) is 31.6 Å². The molecule has 1 fully saturated rings. The molecule has 3 aromatic rings. The van der Waals surface area contributed by atoms with E-state index in [9.17, 15) is 8.78 Å². The lowest BCUT2D eigenvalue weighted by Gasteiger charge is -2.33. The van der Waals surface area contributed by atoms with E-state index in [1.54, 1.807) is 4.90 Å². The van der Waals surface area contributed by atoms with Gasteiger partial charge >= 0.3 is 0 Å². The Hall–Kier alpha value is -3.10. The minimum atomic E-state index is -0.722. The van der Waals surface area contributed by atoms with Gasteiger partial charge in [-0.15, -0.1) is 0 Å². The Morgan fingerprint density at radius 3 is 2.27 bits per heavy atom. The van der Waals surface area contributed by atoms with Crippen molar-refractivity contribution in [1.29, 1.82) is 5.41 Å². The van der Waals surface area contributed by atoms with Gasteiger partial charge in [-0.3, -0.25) is 10.4 Å². The second kappa shape index (κ2) is 9.41. The van der Waals surface area contributed by atoms with Crippen LogP contribution in [0.4, 0.5) is 20.2 Å². The number of benzene rings is 2. The molecule has 4 rings (SSSR count). The number of anilines is 2. The molecule has 3 N–H and O–H groups in total. The Bertz CT molecular complexity index is 1190. The summed E-state index contributed by atoms with van der Waals surface area (Å²) in [5.41, 5.74) is 6.89. The minimum Gasteiger partial charge on any atom is -0.493 e. The zero-order chi connectivity index (χ0) is 23.7. The second-order valence-electron chi connectivity index (χ2n) is 7.46. The van der Waals surface area contributed by atoms with Crippen molar-refractivity contribution in [3.05, 3.63) is 75.0 Å². The SMILES string of the molecule is COc1cc(N)c(C(=N)c2cc(F)c(N3CCC3)c(F)c2)cc1OCc1c(Cl)cncc1Cl. The fourth-order valence-electron chi connectivity index (χ4n) is 3.50. The molecule has 1 aromatic heterocycles. The zero-order valence-corrected chi connectivity index (χ0v) is 19.1. The summed E-state index contributed by atoms with van der Waals surface area (Å²) in [7, 11) is 1.44. The zero-order valence-electron chi connectivity index (χ0n) is 17.6. The third-order valence-electron chi connectivity index (χ3n) is 5.41. The highest BCUT2D eigenvalue weighted by atomic mass is 35.5. The summed E-state index contributed by atoms with van der Waals surface area (Å²) in [6.45, 7) is 1.20. The van der Waals surface area contributed by atoms with Crippen molar-refractivity contribution in [3.63, 3.8) is 0 Å². The quantitative estimate of drug-likeness (QED) is 0.337. The molecular weight excluding hydrogens is 473 g/mol. The fourth-order valence-corrected chi connectivity index (χ4v) is 3.97. The van der Waals surface area contributed by atoms with Crippen molar-refractivity contribution in [2.45, 2.75) is 13.0 Å². The van der Waals surface area contributed by atoms with Gasteiger partial charge in [0, 0.05) is 53.9 Å². The number of hydrogen-bond acceptors (Lipinski definition) is 6. The molecule has 1 aliphatic rings. The Morgan fingerprint density at radius 1 is 1.09 bits per heavy atom. The van der Waals surface area contributed by atoms with E-state index in [2.05, 4.69) is 4.98 Å². The van der Waals surface area contributed by atoms with E-state index in [1.807, 2.05) is 0 Å². The van der Waals surface area contributed by atoms with Crippen molar-refractivity contribution >= 4 is 40.3 Å². The fraction of sp³-hybridized carbons (Fsp3) is 0.217. The summed E-state index contributed by atoms with van der Waals surface area (Å²) in [4.78, 5) is 5.53. The molecule has 0 aliphatic carbocycles. The first-order valence-corrected chi connectivity index (χ1v) is 10.8. The number of nitrogens with one attached hydrogen (secondary N) is 1. The molecule has 0 bridgehead atoms. The molecular formula is C23H20Cl2F2N4O2. The molecule has 0 unspecified atom stereocenters. The lowest BCUT2D eigenvalue weighted by Crippen LogP contribution is -2.38. The number of nitrogens with two attached hydrogens (primary N) is 1. The highest BCUT2D eigenvalue weighted by Crippen LogP contribution is 2.36. The third-order valence-corrected chi connectivity index (χ3v) is 6.06. The topological polar surface area (TPSA) is 84.5 Å². The van der Waals surface area contributed by atoms with Gasteiger partial charge < -0.3 is 20.1 Å². The first kappa shape index (κ1) is 23.1. The Morgan fingerprint density at radius 2 is 1.73 bits per heavy atom. The van der Waals surface area contributed by atoms with Crippen molar-refractivity contribution in [1.82, 2.24) is 4.98 Å². The minimum absolute atomic E-state index is 0.00102. The maximum Gasteiger partial charge on any atom is 0.162 e. The Labute approximate surface area is 199 Å². The number of hydrogen-bond donors (Lipinski definition) is 2.